The van der Waals surface area contributed by atoms with Crippen LogP contribution >= 0.6 is 0 Å². The lowest BCUT2D eigenvalue weighted by Crippen LogP contribution is -1.99. The number of carboxylic acid groups (broad SMARTS) is 1. The largest absolute Gasteiger partial charge is 0.476 e. The van der Waals surface area contributed by atoms with Gasteiger partial charge < -0.3 is 9.67 Å². The van der Waals surface area contributed by atoms with Crippen LogP contribution in [0.5, 0.6) is 0 Å². The highest BCUT2D eigenvalue weighted by atomic mass is 16.4. The quantitative estimate of drug-likeness (QED) is 0.778. The predicted molar refractivity (Wildman–Crippen MR) is 76.8 cm³/mol. The number of benzene rings is 1. The molecular formula is C15H15N3O2. The van der Waals surface area contributed by atoms with E-state index in [0.29, 0.717) is 0 Å². The van der Waals surface area contributed by atoms with Gasteiger partial charge in [0.2, 0.25) is 0 Å². The van der Waals surface area contributed by atoms with Gasteiger partial charge in [-0.2, -0.15) is 5.10 Å². The zero-order valence-electron chi connectivity index (χ0n) is 11.6. The van der Waals surface area contributed by atoms with Gasteiger partial charge in [-0.3, -0.25) is 4.68 Å². The van der Waals surface area contributed by atoms with Crippen LogP contribution < -0.4 is 0 Å². The average Bonchev–Trinajstić information content (AvgIpc) is 2.91. The van der Waals surface area contributed by atoms with Crippen LogP contribution in [0.4, 0.5) is 0 Å². The van der Waals surface area contributed by atoms with Gasteiger partial charge in [-0.05, 0) is 25.1 Å². The van der Waals surface area contributed by atoms with Crippen molar-refractivity contribution in [3.63, 3.8) is 0 Å². The van der Waals surface area contributed by atoms with Crippen molar-refractivity contribution in [3.8, 4) is 11.3 Å². The number of aromatic nitrogens is 3. The van der Waals surface area contributed by atoms with Gasteiger partial charge in [0.25, 0.3) is 0 Å². The van der Waals surface area contributed by atoms with Crippen molar-refractivity contribution in [1.29, 1.82) is 0 Å². The molecule has 5 nitrogen and oxygen atoms in total. The van der Waals surface area contributed by atoms with E-state index in [1.807, 2.05) is 24.7 Å². The molecule has 2 aromatic heterocycles. The number of aromatic carboxylic acids is 1. The topological polar surface area (TPSA) is 60.0 Å². The maximum absolute atomic E-state index is 11.0. The Balaban J connectivity index is 2.29. The van der Waals surface area contributed by atoms with Crippen molar-refractivity contribution in [3.05, 3.63) is 41.7 Å². The molecule has 1 N–H and O–H groups in total. The Kier molecular flexibility index (Phi) is 2.64. The Morgan fingerprint density at radius 2 is 2.00 bits per heavy atom. The van der Waals surface area contributed by atoms with Gasteiger partial charge in [-0.25, -0.2) is 4.79 Å². The molecule has 0 radical (unpaired) electrons. The number of carbonyl (C=O) groups is 1. The Morgan fingerprint density at radius 3 is 2.65 bits per heavy atom. The number of carboxylic acids is 1. The van der Waals surface area contributed by atoms with Gasteiger partial charge in [0.15, 0.2) is 5.69 Å². The third-order valence-corrected chi connectivity index (χ3v) is 3.52. The molecule has 0 aliphatic heterocycles. The summed E-state index contributed by atoms with van der Waals surface area (Å²) in [6, 6.07) is 7.86. The second-order valence-corrected chi connectivity index (χ2v) is 5.02. The first kappa shape index (κ1) is 12.5. The van der Waals surface area contributed by atoms with E-state index in [9.17, 15) is 4.79 Å². The lowest BCUT2D eigenvalue weighted by molar-refractivity contribution is 0.0689. The highest BCUT2D eigenvalue weighted by molar-refractivity contribution is 5.97. The minimum Gasteiger partial charge on any atom is -0.476 e. The summed E-state index contributed by atoms with van der Waals surface area (Å²) in [7, 11) is 3.74. The highest BCUT2D eigenvalue weighted by Crippen LogP contribution is 2.31. The van der Waals surface area contributed by atoms with Crippen molar-refractivity contribution in [2.24, 2.45) is 14.1 Å². The van der Waals surface area contributed by atoms with E-state index < -0.39 is 5.97 Å². The minimum absolute atomic E-state index is 0.0622. The van der Waals surface area contributed by atoms with Crippen LogP contribution in [0, 0.1) is 6.92 Å². The van der Waals surface area contributed by atoms with E-state index in [1.165, 1.54) is 5.56 Å². The molecule has 0 aliphatic rings. The SMILES string of the molecule is Cc1ccc2c(c1)c(-c1cc(C(=O)O)nn1C)cn2C. The van der Waals surface area contributed by atoms with E-state index >= 15 is 0 Å². The fraction of sp³-hybridized carbons (Fsp3) is 0.200. The Hall–Kier alpha value is -2.56. The first-order valence-electron chi connectivity index (χ1n) is 6.31. The smallest absolute Gasteiger partial charge is 0.356 e. The van der Waals surface area contributed by atoms with Gasteiger partial charge in [-0.15, -0.1) is 0 Å². The van der Waals surface area contributed by atoms with Gasteiger partial charge >= 0.3 is 5.97 Å². The third-order valence-electron chi connectivity index (χ3n) is 3.52. The van der Waals surface area contributed by atoms with Crippen LogP contribution in [-0.4, -0.2) is 25.4 Å². The third kappa shape index (κ3) is 1.79. The van der Waals surface area contributed by atoms with Crippen molar-refractivity contribution in [2.45, 2.75) is 6.92 Å². The lowest BCUT2D eigenvalue weighted by atomic mass is 10.1. The summed E-state index contributed by atoms with van der Waals surface area (Å²) in [5, 5.41) is 14.2. The summed E-state index contributed by atoms with van der Waals surface area (Å²) in [5.74, 6) is -1.01. The molecule has 0 fully saturated rings. The second-order valence-electron chi connectivity index (χ2n) is 5.02. The molecule has 3 aromatic rings. The summed E-state index contributed by atoms with van der Waals surface area (Å²) in [5.41, 5.74) is 4.15. The Bertz CT molecular complexity index is 827. The fourth-order valence-corrected chi connectivity index (χ4v) is 2.53. The van der Waals surface area contributed by atoms with Crippen molar-refractivity contribution >= 4 is 16.9 Å². The zero-order valence-corrected chi connectivity index (χ0v) is 11.6. The zero-order chi connectivity index (χ0) is 14.4. The summed E-state index contributed by atoms with van der Waals surface area (Å²) in [4.78, 5) is 11.0. The monoisotopic (exact) mass is 269 g/mol. The number of fused-ring (bicyclic) bond motifs is 1. The molecule has 0 saturated carbocycles. The molecule has 0 saturated heterocycles. The summed E-state index contributed by atoms with van der Waals surface area (Å²) >= 11 is 0. The van der Waals surface area contributed by atoms with E-state index in [0.717, 1.165) is 22.2 Å². The average molecular weight is 269 g/mol. The van der Waals surface area contributed by atoms with Crippen LogP contribution in [0.2, 0.25) is 0 Å². The Labute approximate surface area is 116 Å². The van der Waals surface area contributed by atoms with Crippen molar-refractivity contribution in [1.82, 2.24) is 14.3 Å². The molecule has 0 bridgehead atoms. The highest BCUT2D eigenvalue weighted by Gasteiger charge is 2.16. The fourth-order valence-electron chi connectivity index (χ4n) is 2.53. The molecule has 0 aliphatic carbocycles. The van der Waals surface area contributed by atoms with Crippen LogP contribution in [-0.2, 0) is 14.1 Å². The molecule has 0 unspecified atom stereocenters. The molecule has 1 aromatic carbocycles. The van der Waals surface area contributed by atoms with Crippen LogP contribution in [0.3, 0.4) is 0 Å². The summed E-state index contributed by atoms with van der Waals surface area (Å²) < 4.78 is 3.65. The molecule has 2 heterocycles. The van der Waals surface area contributed by atoms with E-state index in [-0.39, 0.29) is 5.69 Å². The standard InChI is InChI=1S/C15H15N3O2/c1-9-4-5-13-10(6-9)11(8-17(13)2)14-7-12(15(19)20)16-18(14)3/h4-8H,1-3H3,(H,19,20). The number of hydrogen-bond donors (Lipinski definition) is 1. The first-order chi connectivity index (χ1) is 9.47. The van der Waals surface area contributed by atoms with Crippen LogP contribution in [0.1, 0.15) is 16.1 Å². The molecule has 0 amide bonds. The number of hydrogen-bond acceptors (Lipinski definition) is 2. The first-order valence-corrected chi connectivity index (χ1v) is 6.31. The normalized spacial score (nSPS) is 11.2. The summed E-state index contributed by atoms with van der Waals surface area (Å²) in [6.45, 7) is 2.04. The van der Waals surface area contributed by atoms with Crippen LogP contribution in [0.25, 0.3) is 22.2 Å². The Morgan fingerprint density at radius 1 is 1.25 bits per heavy atom. The number of rotatable bonds is 2. The summed E-state index contributed by atoms with van der Waals surface area (Å²) in [6.07, 6.45) is 2.01. The predicted octanol–water partition coefficient (Wildman–Crippen LogP) is 2.59. The molecular weight excluding hydrogens is 254 g/mol. The number of nitrogens with zero attached hydrogens (tertiary/aromatic N) is 3. The molecule has 0 spiro atoms. The lowest BCUT2D eigenvalue weighted by Gasteiger charge is -2.00. The van der Waals surface area contributed by atoms with Gasteiger partial charge in [0.1, 0.15) is 0 Å². The van der Waals surface area contributed by atoms with E-state index in [2.05, 4.69) is 23.3 Å². The van der Waals surface area contributed by atoms with Gasteiger partial charge in [0, 0.05) is 36.8 Å². The molecule has 0 atom stereocenters. The van der Waals surface area contributed by atoms with Gasteiger partial charge in [-0.1, -0.05) is 11.6 Å². The second kappa shape index (κ2) is 4.23. The molecule has 3 rings (SSSR count). The number of aryl methyl sites for hydroxylation is 3. The van der Waals surface area contributed by atoms with Gasteiger partial charge in [0.05, 0.1) is 5.69 Å². The van der Waals surface area contributed by atoms with E-state index in [1.54, 1.807) is 17.8 Å². The van der Waals surface area contributed by atoms with Crippen molar-refractivity contribution < 1.29 is 9.90 Å². The molecule has 5 heteroatoms. The van der Waals surface area contributed by atoms with Crippen LogP contribution in [0.15, 0.2) is 30.5 Å². The molecule has 20 heavy (non-hydrogen) atoms. The van der Waals surface area contributed by atoms with Crippen molar-refractivity contribution in [2.75, 3.05) is 0 Å². The minimum atomic E-state index is -1.01. The van der Waals surface area contributed by atoms with E-state index in [4.69, 9.17) is 5.11 Å². The molecule has 102 valence electrons. The maximum atomic E-state index is 11.0. The maximum Gasteiger partial charge on any atom is 0.356 e.